The number of allylic oxidation sites excluding steroid dienone is 2. The van der Waals surface area contributed by atoms with Gasteiger partial charge in [0.05, 0.1) is 11.4 Å². The molecule has 0 bridgehead atoms. The van der Waals surface area contributed by atoms with Crippen LogP contribution in [0, 0.1) is 0 Å². The van der Waals surface area contributed by atoms with Crippen LogP contribution >= 0.6 is 0 Å². The van der Waals surface area contributed by atoms with Gasteiger partial charge in [0, 0.05) is 39.3 Å². The molecule has 0 aliphatic heterocycles. The Bertz CT molecular complexity index is 790. The van der Waals surface area contributed by atoms with E-state index in [9.17, 15) is 4.79 Å². The zero-order chi connectivity index (χ0) is 19.4. The first-order chi connectivity index (χ1) is 13.0. The monoisotopic (exact) mass is 360 g/mol. The first-order valence-electron chi connectivity index (χ1n) is 9.47. The maximum absolute atomic E-state index is 13.6. The standard InChI is InChI=1S/C24H28N2O/c1-25(2)22(18-12-7-5-8-13-18)20-16-11-17-21(24(20)27)23(26(3)4)19-14-9-6-10-15-19/h5-10,12-15H,11,16-17H2,1-4H3. The summed E-state index contributed by atoms with van der Waals surface area (Å²) in [6, 6.07) is 20.4. The average molecular weight is 361 g/mol. The first-order valence-corrected chi connectivity index (χ1v) is 9.47. The number of hydrogen-bond acceptors (Lipinski definition) is 3. The Morgan fingerprint density at radius 1 is 0.667 bits per heavy atom. The van der Waals surface area contributed by atoms with Crippen LogP contribution in [0.4, 0.5) is 0 Å². The Kier molecular flexibility index (Phi) is 5.80. The Labute approximate surface area is 162 Å². The van der Waals surface area contributed by atoms with Gasteiger partial charge < -0.3 is 9.80 Å². The van der Waals surface area contributed by atoms with Crippen molar-refractivity contribution in [1.29, 1.82) is 0 Å². The fraction of sp³-hybridized carbons (Fsp3) is 0.292. The topological polar surface area (TPSA) is 23.6 Å². The van der Waals surface area contributed by atoms with Gasteiger partial charge in [-0.15, -0.1) is 0 Å². The summed E-state index contributed by atoms with van der Waals surface area (Å²) in [4.78, 5) is 17.7. The van der Waals surface area contributed by atoms with Crippen molar-refractivity contribution in [1.82, 2.24) is 9.80 Å². The largest absolute Gasteiger partial charge is 0.377 e. The van der Waals surface area contributed by atoms with Crippen LogP contribution in [-0.4, -0.2) is 43.8 Å². The minimum Gasteiger partial charge on any atom is -0.377 e. The highest BCUT2D eigenvalue weighted by Gasteiger charge is 2.28. The lowest BCUT2D eigenvalue weighted by Crippen LogP contribution is -2.24. The van der Waals surface area contributed by atoms with Gasteiger partial charge in [0.2, 0.25) is 0 Å². The molecule has 0 radical (unpaired) electrons. The maximum Gasteiger partial charge on any atom is 0.189 e. The summed E-state index contributed by atoms with van der Waals surface area (Å²) >= 11 is 0. The van der Waals surface area contributed by atoms with E-state index in [2.05, 4.69) is 34.1 Å². The molecule has 3 nitrogen and oxygen atoms in total. The Morgan fingerprint density at radius 3 is 1.37 bits per heavy atom. The molecule has 0 N–H and O–H groups in total. The van der Waals surface area contributed by atoms with Crippen molar-refractivity contribution < 1.29 is 4.79 Å². The van der Waals surface area contributed by atoms with Crippen LogP contribution in [0.3, 0.4) is 0 Å². The van der Waals surface area contributed by atoms with Crippen LogP contribution in [-0.2, 0) is 4.79 Å². The molecule has 0 amide bonds. The van der Waals surface area contributed by atoms with Gasteiger partial charge in [-0.25, -0.2) is 0 Å². The molecule has 1 saturated carbocycles. The van der Waals surface area contributed by atoms with Crippen LogP contribution in [0.1, 0.15) is 30.4 Å². The molecule has 140 valence electrons. The predicted octanol–water partition coefficient (Wildman–Crippen LogP) is 4.69. The maximum atomic E-state index is 13.6. The van der Waals surface area contributed by atoms with Crippen LogP contribution < -0.4 is 0 Å². The Balaban J connectivity index is 2.17. The van der Waals surface area contributed by atoms with Crippen molar-refractivity contribution in [3.05, 3.63) is 82.9 Å². The highest BCUT2D eigenvalue weighted by molar-refractivity contribution is 6.16. The SMILES string of the molecule is CN(C)C(=C1CCCC(=C(c2ccccc2)N(C)C)C1=O)c1ccccc1. The summed E-state index contributed by atoms with van der Waals surface area (Å²) in [5, 5.41) is 0. The fourth-order valence-corrected chi connectivity index (χ4v) is 3.90. The third-order valence-corrected chi connectivity index (χ3v) is 4.96. The van der Waals surface area contributed by atoms with E-state index in [1.54, 1.807) is 0 Å². The second-order valence-electron chi connectivity index (χ2n) is 7.36. The smallest absolute Gasteiger partial charge is 0.189 e. The van der Waals surface area contributed by atoms with E-state index in [1.165, 1.54) is 0 Å². The van der Waals surface area contributed by atoms with E-state index >= 15 is 0 Å². The van der Waals surface area contributed by atoms with Crippen molar-refractivity contribution in [2.75, 3.05) is 28.2 Å². The van der Waals surface area contributed by atoms with Crippen LogP contribution in [0.25, 0.3) is 11.4 Å². The molecule has 1 aliphatic rings. The molecule has 0 heterocycles. The van der Waals surface area contributed by atoms with Crippen molar-refractivity contribution >= 4 is 17.2 Å². The summed E-state index contributed by atoms with van der Waals surface area (Å²) < 4.78 is 0. The molecule has 2 aromatic rings. The molecule has 1 aliphatic carbocycles. The molecule has 0 spiro atoms. The number of hydrogen-bond donors (Lipinski definition) is 0. The Hall–Kier alpha value is -2.81. The second kappa shape index (κ2) is 8.26. The number of ketones is 1. The molecule has 0 aromatic heterocycles. The molecule has 3 rings (SSSR count). The molecule has 0 atom stereocenters. The van der Waals surface area contributed by atoms with Gasteiger partial charge in [-0.1, -0.05) is 60.7 Å². The van der Waals surface area contributed by atoms with Crippen LogP contribution in [0.5, 0.6) is 0 Å². The summed E-state index contributed by atoms with van der Waals surface area (Å²) in [5.74, 6) is 0.182. The van der Waals surface area contributed by atoms with Crippen molar-refractivity contribution in [2.45, 2.75) is 19.3 Å². The Morgan fingerprint density at radius 2 is 1.04 bits per heavy atom. The van der Waals surface area contributed by atoms with Gasteiger partial charge in [0.1, 0.15) is 0 Å². The minimum absolute atomic E-state index is 0.182. The van der Waals surface area contributed by atoms with Gasteiger partial charge in [-0.05, 0) is 30.4 Å². The molecular formula is C24H28N2O. The minimum atomic E-state index is 0.182. The van der Waals surface area contributed by atoms with E-state index in [4.69, 9.17) is 0 Å². The lowest BCUT2D eigenvalue weighted by molar-refractivity contribution is -0.113. The third-order valence-electron chi connectivity index (χ3n) is 4.96. The summed E-state index contributed by atoms with van der Waals surface area (Å²) in [6.45, 7) is 0. The first kappa shape index (κ1) is 19.0. The average Bonchev–Trinajstić information content (AvgIpc) is 2.66. The lowest BCUT2D eigenvalue weighted by atomic mass is 9.83. The molecule has 27 heavy (non-hydrogen) atoms. The number of nitrogens with zero attached hydrogens (tertiary/aromatic N) is 2. The number of Topliss-reactive ketones (excluding diaryl/α,β-unsaturated/α-hetero) is 1. The second-order valence-corrected chi connectivity index (χ2v) is 7.36. The highest BCUT2D eigenvalue weighted by Crippen LogP contribution is 2.36. The quantitative estimate of drug-likeness (QED) is 0.739. The number of benzene rings is 2. The number of carbonyl (C=O) groups is 1. The van der Waals surface area contributed by atoms with Gasteiger partial charge in [0.25, 0.3) is 0 Å². The van der Waals surface area contributed by atoms with E-state index in [0.29, 0.717) is 0 Å². The summed E-state index contributed by atoms with van der Waals surface area (Å²) in [6.07, 6.45) is 2.63. The fourth-order valence-electron chi connectivity index (χ4n) is 3.90. The zero-order valence-electron chi connectivity index (χ0n) is 16.7. The number of rotatable bonds is 4. The molecule has 3 heteroatoms. The van der Waals surface area contributed by atoms with Gasteiger partial charge in [0.15, 0.2) is 5.78 Å². The van der Waals surface area contributed by atoms with Crippen LogP contribution in [0.2, 0.25) is 0 Å². The third kappa shape index (κ3) is 3.97. The summed E-state index contributed by atoms with van der Waals surface area (Å²) in [5.41, 5.74) is 6.09. The van der Waals surface area contributed by atoms with E-state index in [0.717, 1.165) is 52.9 Å². The highest BCUT2D eigenvalue weighted by atomic mass is 16.1. The zero-order valence-corrected chi connectivity index (χ0v) is 16.7. The van der Waals surface area contributed by atoms with E-state index < -0.39 is 0 Å². The lowest BCUT2D eigenvalue weighted by Gasteiger charge is -2.29. The predicted molar refractivity (Wildman–Crippen MR) is 113 cm³/mol. The van der Waals surface area contributed by atoms with Gasteiger partial charge in [-0.2, -0.15) is 0 Å². The normalized spacial score (nSPS) is 18.1. The van der Waals surface area contributed by atoms with Crippen molar-refractivity contribution in [3.63, 3.8) is 0 Å². The van der Waals surface area contributed by atoms with E-state index in [1.807, 2.05) is 64.6 Å². The molecule has 0 saturated heterocycles. The van der Waals surface area contributed by atoms with Crippen molar-refractivity contribution in [2.24, 2.45) is 0 Å². The van der Waals surface area contributed by atoms with Crippen molar-refractivity contribution in [3.8, 4) is 0 Å². The number of carbonyl (C=O) groups excluding carboxylic acids is 1. The van der Waals surface area contributed by atoms with Gasteiger partial charge in [-0.3, -0.25) is 4.79 Å². The molecular weight excluding hydrogens is 332 g/mol. The van der Waals surface area contributed by atoms with E-state index in [-0.39, 0.29) is 5.78 Å². The molecule has 0 unspecified atom stereocenters. The molecule has 1 fully saturated rings. The molecule has 2 aromatic carbocycles. The summed E-state index contributed by atoms with van der Waals surface area (Å²) in [7, 11) is 8.07. The van der Waals surface area contributed by atoms with Gasteiger partial charge >= 0.3 is 0 Å². The van der Waals surface area contributed by atoms with Crippen LogP contribution in [0.15, 0.2) is 71.8 Å².